The molecule has 0 atom stereocenters. The molecule has 2 heterocycles. The van der Waals surface area contributed by atoms with Gasteiger partial charge in [0.15, 0.2) is 0 Å². The van der Waals surface area contributed by atoms with Gasteiger partial charge in [-0.15, -0.1) is 0 Å². The van der Waals surface area contributed by atoms with Crippen molar-refractivity contribution in [3.8, 4) is 0 Å². The van der Waals surface area contributed by atoms with E-state index in [9.17, 15) is 10.1 Å². The Kier molecular flexibility index (Phi) is 4.94. The standard InChI is InChI=1S/C12H14N6O3/c1-21-6-5-14-11-10(18(19)20)12(16-8-15-11)17-9-3-2-4-13-7-9/h2-4,7-8H,5-6H2,1H3,(H2,14,15,16,17). The number of ether oxygens (including phenoxy) is 1. The van der Waals surface area contributed by atoms with Crippen molar-refractivity contribution in [1.29, 1.82) is 0 Å². The van der Waals surface area contributed by atoms with Crippen LogP contribution in [-0.2, 0) is 4.74 Å². The molecule has 0 saturated carbocycles. The summed E-state index contributed by atoms with van der Waals surface area (Å²) in [4.78, 5) is 22.5. The lowest BCUT2D eigenvalue weighted by molar-refractivity contribution is -0.383. The Bertz CT molecular complexity index is 607. The lowest BCUT2D eigenvalue weighted by Gasteiger charge is -2.09. The molecule has 2 rings (SSSR count). The van der Waals surface area contributed by atoms with Gasteiger partial charge in [-0.2, -0.15) is 0 Å². The number of nitrogens with zero attached hydrogens (tertiary/aromatic N) is 4. The third-order valence-electron chi connectivity index (χ3n) is 2.53. The average Bonchev–Trinajstić information content (AvgIpc) is 2.48. The quantitative estimate of drug-likeness (QED) is 0.448. The summed E-state index contributed by atoms with van der Waals surface area (Å²) in [5, 5.41) is 17.0. The van der Waals surface area contributed by atoms with Gasteiger partial charge >= 0.3 is 5.69 Å². The average molecular weight is 290 g/mol. The summed E-state index contributed by atoms with van der Waals surface area (Å²) in [6.45, 7) is 0.813. The number of hydrogen-bond acceptors (Lipinski definition) is 8. The van der Waals surface area contributed by atoms with E-state index in [0.717, 1.165) is 0 Å². The van der Waals surface area contributed by atoms with Crippen LogP contribution in [0.2, 0.25) is 0 Å². The van der Waals surface area contributed by atoms with Gasteiger partial charge in [-0.25, -0.2) is 9.97 Å². The van der Waals surface area contributed by atoms with Gasteiger partial charge in [-0.05, 0) is 12.1 Å². The summed E-state index contributed by atoms with van der Waals surface area (Å²) < 4.78 is 4.89. The Hall–Kier alpha value is -2.81. The minimum Gasteiger partial charge on any atom is -0.383 e. The Morgan fingerprint density at radius 2 is 2.19 bits per heavy atom. The molecule has 9 heteroatoms. The van der Waals surface area contributed by atoms with Crippen LogP contribution < -0.4 is 10.6 Å². The normalized spacial score (nSPS) is 10.1. The van der Waals surface area contributed by atoms with Gasteiger partial charge < -0.3 is 15.4 Å². The Morgan fingerprint density at radius 1 is 1.38 bits per heavy atom. The summed E-state index contributed by atoms with van der Waals surface area (Å²) in [6, 6.07) is 3.45. The van der Waals surface area contributed by atoms with Crippen LogP contribution >= 0.6 is 0 Å². The molecule has 0 bridgehead atoms. The van der Waals surface area contributed by atoms with Gasteiger partial charge in [0, 0.05) is 19.9 Å². The minimum absolute atomic E-state index is 0.0999. The summed E-state index contributed by atoms with van der Waals surface area (Å²) in [6.07, 6.45) is 4.40. The third-order valence-corrected chi connectivity index (χ3v) is 2.53. The predicted molar refractivity (Wildman–Crippen MR) is 76.6 cm³/mol. The van der Waals surface area contributed by atoms with Gasteiger partial charge in [0.25, 0.3) is 0 Å². The minimum atomic E-state index is -0.534. The van der Waals surface area contributed by atoms with Crippen molar-refractivity contribution in [2.24, 2.45) is 0 Å². The number of anilines is 3. The van der Waals surface area contributed by atoms with Crippen LogP contribution in [0.5, 0.6) is 0 Å². The van der Waals surface area contributed by atoms with Crippen molar-refractivity contribution in [3.63, 3.8) is 0 Å². The second-order valence-electron chi connectivity index (χ2n) is 3.96. The largest absolute Gasteiger partial charge is 0.383 e. The van der Waals surface area contributed by atoms with E-state index in [2.05, 4.69) is 25.6 Å². The predicted octanol–water partition coefficient (Wildman–Crippen LogP) is 1.58. The van der Waals surface area contributed by atoms with E-state index in [1.54, 1.807) is 31.6 Å². The Morgan fingerprint density at radius 3 is 2.86 bits per heavy atom. The van der Waals surface area contributed by atoms with Crippen LogP contribution in [0.3, 0.4) is 0 Å². The van der Waals surface area contributed by atoms with E-state index in [1.807, 2.05) is 0 Å². The molecule has 2 N–H and O–H groups in total. The van der Waals surface area contributed by atoms with Crippen molar-refractivity contribution >= 4 is 23.0 Å². The van der Waals surface area contributed by atoms with Crippen molar-refractivity contribution in [2.45, 2.75) is 0 Å². The van der Waals surface area contributed by atoms with E-state index < -0.39 is 4.92 Å². The number of aromatic nitrogens is 3. The second-order valence-corrected chi connectivity index (χ2v) is 3.96. The number of pyridine rings is 1. The lowest BCUT2D eigenvalue weighted by Crippen LogP contribution is -2.12. The van der Waals surface area contributed by atoms with Gasteiger partial charge in [-0.1, -0.05) is 0 Å². The molecular weight excluding hydrogens is 276 g/mol. The van der Waals surface area contributed by atoms with E-state index in [0.29, 0.717) is 18.8 Å². The van der Waals surface area contributed by atoms with E-state index in [4.69, 9.17) is 4.74 Å². The first-order valence-electron chi connectivity index (χ1n) is 6.11. The zero-order chi connectivity index (χ0) is 15.1. The summed E-state index contributed by atoms with van der Waals surface area (Å²) in [5.74, 6) is 0.237. The highest BCUT2D eigenvalue weighted by Crippen LogP contribution is 2.30. The van der Waals surface area contributed by atoms with Gasteiger partial charge in [0.2, 0.25) is 11.6 Å². The third kappa shape index (κ3) is 3.83. The number of rotatable bonds is 7. The van der Waals surface area contributed by atoms with Crippen LogP contribution in [0.1, 0.15) is 0 Å². The van der Waals surface area contributed by atoms with E-state index >= 15 is 0 Å². The number of nitrogens with one attached hydrogen (secondary N) is 2. The molecular formula is C12H14N6O3. The molecule has 110 valence electrons. The highest BCUT2D eigenvalue weighted by Gasteiger charge is 2.22. The van der Waals surface area contributed by atoms with Crippen molar-refractivity contribution < 1.29 is 9.66 Å². The van der Waals surface area contributed by atoms with Gasteiger partial charge in [-0.3, -0.25) is 15.1 Å². The van der Waals surface area contributed by atoms with Gasteiger partial charge in [0.05, 0.1) is 23.4 Å². The van der Waals surface area contributed by atoms with Crippen molar-refractivity contribution in [2.75, 3.05) is 30.9 Å². The van der Waals surface area contributed by atoms with Crippen LogP contribution in [0, 0.1) is 10.1 Å². The molecule has 9 nitrogen and oxygen atoms in total. The van der Waals surface area contributed by atoms with Crippen LogP contribution in [0.15, 0.2) is 30.9 Å². The van der Waals surface area contributed by atoms with Gasteiger partial charge in [0.1, 0.15) is 6.33 Å². The van der Waals surface area contributed by atoms with Crippen LogP contribution in [0.25, 0.3) is 0 Å². The molecule has 0 spiro atoms. The molecule has 0 saturated heterocycles. The molecule has 21 heavy (non-hydrogen) atoms. The lowest BCUT2D eigenvalue weighted by atomic mass is 10.3. The maximum Gasteiger partial charge on any atom is 0.353 e. The molecule has 0 unspecified atom stereocenters. The molecule has 0 fully saturated rings. The summed E-state index contributed by atoms with van der Waals surface area (Å²) >= 11 is 0. The highest BCUT2D eigenvalue weighted by molar-refractivity contribution is 5.73. The molecule has 0 aromatic carbocycles. The number of nitro groups is 1. The van der Waals surface area contributed by atoms with E-state index in [1.165, 1.54) is 6.33 Å². The van der Waals surface area contributed by atoms with Crippen LogP contribution in [-0.4, -0.2) is 40.1 Å². The molecule has 2 aromatic heterocycles. The fourth-order valence-corrected chi connectivity index (χ4v) is 1.62. The maximum absolute atomic E-state index is 11.3. The summed E-state index contributed by atoms with van der Waals surface area (Å²) in [7, 11) is 1.55. The summed E-state index contributed by atoms with van der Waals surface area (Å²) in [5.41, 5.74) is 0.375. The Balaban J connectivity index is 2.28. The van der Waals surface area contributed by atoms with Crippen LogP contribution in [0.4, 0.5) is 23.0 Å². The maximum atomic E-state index is 11.3. The Labute approximate surface area is 120 Å². The molecule has 0 aliphatic rings. The molecule has 0 aliphatic heterocycles. The first-order chi connectivity index (χ1) is 10.2. The molecule has 0 aliphatic carbocycles. The topological polar surface area (TPSA) is 115 Å². The fraction of sp³-hybridized carbons (Fsp3) is 0.250. The first kappa shape index (κ1) is 14.6. The highest BCUT2D eigenvalue weighted by atomic mass is 16.6. The number of methoxy groups -OCH3 is 1. The van der Waals surface area contributed by atoms with E-state index in [-0.39, 0.29) is 17.3 Å². The zero-order valence-electron chi connectivity index (χ0n) is 11.3. The van der Waals surface area contributed by atoms with Crippen molar-refractivity contribution in [3.05, 3.63) is 41.0 Å². The second kappa shape index (κ2) is 7.10. The fourth-order valence-electron chi connectivity index (χ4n) is 1.62. The number of hydrogen-bond donors (Lipinski definition) is 2. The molecule has 2 aromatic rings. The monoisotopic (exact) mass is 290 g/mol. The first-order valence-corrected chi connectivity index (χ1v) is 6.11. The SMILES string of the molecule is COCCNc1ncnc(Nc2cccnc2)c1[N+](=O)[O-]. The zero-order valence-corrected chi connectivity index (χ0v) is 11.3. The smallest absolute Gasteiger partial charge is 0.353 e. The molecule has 0 amide bonds. The molecule has 0 radical (unpaired) electrons. The van der Waals surface area contributed by atoms with Crippen molar-refractivity contribution in [1.82, 2.24) is 15.0 Å².